The number of morpholine rings is 1. The smallest absolute Gasteiger partial charge is 0.265 e. The minimum absolute atomic E-state index is 0.0473. The van der Waals surface area contributed by atoms with E-state index in [4.69, 9.17) is 9.47 Å². The van der Waals surface area contributed by atoms with Crippen LogP contribution in [-0.2, 0) is 14.8 Å². The van der Waals surface area contributed by atoms with Crippen LogP contribution in [0.2, 0.25) is 0 Å². The number of thiophene rings is 1. The molecule has 1 aromatic carbocycles. The van der Waals surface area contributed by atoms with Crippen LogP contribution >= 0.6 is 11.3 Å². The van der Waals surface area contributed by atoms with Crippen molar-refractivity contribution in [2.75, 3.05) is 39.4 Å². The second-order valence-corrected chi connectivity index (χ2v) is 10.8. The number of ether oxygens (including phenoxy) is 2. The summed E-state index contributed by atoms with van der Waals surface area (Å²) in [5.74, 6) is 0.636. The third-order valence-electron chi connectivity index (χ3n) is 5.92. The minimum Gasteiger partial charge on any atom is -0.490 e. The zero-order valence-corrected chi connectivity index (χ0v) is 19.5. The Balaban J connectivity index is 1.40. The van der Waals surface area contributed by atoms with Crippen molar-refractivity contribution in [3.05, 3.63) is 45.6 Å². The topological polar surface area (TPSA) is 76.2 Å². The maximum Gasteiger partial charge on any atom is 0.265 e. The molecule has 31 heavy (non-hydrogen) atoms. The average molecular weight is 465 g/mol. The molecule has 2 fully saturated rings. The van der Waals surface area contributed by atoms with Gasteiger partial charge in [0.05, 0.1) is 13.2 Å². The molecule has 3 heterocycles. The highest BCUT2D eigenvalue weighted by Crippen LogP contribution is 2.29. The van der Waals surface area contributed by atoms with Crippen molar-refractivity contribution in [2.24, 2.45) is 0 Å². The van der Waals surface area contributed by atoms with Gasteiger partial charge < -0.3 is 14.4 Å². The van der Waals surface area contributed by atoms with Gasteiger partial charge >= 0.3 is 0 Å². The third kappa shape index (κ3) is 4.79. The Morgan fingerprint density at radius 2 is 1.77 bits per heavy atom. The molecule has 0 aliphatic carbocycles. The Morgan fingerprint density at radius 1 is 1.06 bits per heavy atom. The maximum atomic E-state index is 13.1. The van der Waals surface area contributed by atoms with Crippen LogP contribution in [0, 0.1) is 13.8 Å². The van der Waals surface area contributed by atoms with Crippen LogP contribution in [0.15, 0.2) is 34.5 Å². The van der Waals surface area contributed by atoms with E-state index in [-0.39, 0.29) is 16.9 Å². The summed E-state index contributed by atoms with van der Waals surface area (Å²) in [6.45, 7) is 6.60. The van der Waals surface area contributed by atoms with Gasteiger partial charge in [-0.25, -0.2) is 8.42 Å². The van der Waals surface area contributed by atoms with Gasteiger partial charge in [-0.1, -0.05) is 6.07 Å². The molecule has 0 radical (unpaired) electrons. The first-order valence-electron chi connectivity index (χ1n) is 10.5. The molecule has 168 valence electrons. The van der Waals surface area contributed by atoms with E-state index in [2.05, 4.69) is 19.9 Å². The zero-order chi connectivity index (χ0) is 22.0. The van der Waals surface area contributed by atoms with Crippen LogP contribution in [0.25, 0.3) is 0 Å². The molecule has 2 saturated heterocycles. The first-order chi connectivity index (χ1) is 14.9. The normalized spacial score (nSPS) is 18.8. The van der Waals surface area contributed by atoms with Gasteiger partial charge in [-0.05, 0) is 48.6 Å². The van der Waals surface area contributed by atoms with Gasteiger partial charge in [-0.3, -0.25) is 4.79 Å². The Hall–Kier alpha value is -1.94. The summed E-state index contributed by atoms with van der Waals surface area (Å²) in [6, 6.07) is 7.62. The standard InChI is InChI=1S/C22H28N2O5S2/c1-16-3-4-19(15-17(16)2)29-18-5-8-23(9-6-18)22(25)21-20(7-14-30-21)31(26,27)24-10-12-28-13-11-24/h3-4,7,14-15,18H,5-6,8-13H2,1-2H3. The number of benzene rings is 1. The van der Waals surface area contributed by atoms with Crippen LogP contribution < -0.4 is 4.74 Å². The molecule has 0 bridgehead atoms. The number of hydrogen-bond acceptors (Lipinski definition) is 6. The highest BCUT2D eigenvalue weighted by atomic mass is 32.2. The molecule has 1 aromatic heterocycles. The first-order valence-corrected chi connectivity index (χ1v) is 12.9. The summed E-state index contributed by atoms with van der Waals surface area (Å²) >= 11 is 1.19. The summed E-state index contributed by atoms with van der Waals surface area (Å²) in [4.78, 5) is 15.3. The summed E-state index contributed by atoms with van der Waals surface area (Å²) < 4.78 is 38.9. The number of nitrogens with zero attached hydrogens (tertiary/aromatic N) is 2. The number of carbonyl (C=O) groups excluding carboxylic acids is 1. The van der Waals surface area contributed by atoms with Crippen molar-refractivity contribution in [3.63, 3.8) is 0 Å². The summed E-state index contributed by atoms with van der Waals surface area (Å²) in [5.41, 5.74) is 2.42. The number of amides is 1. The van der Waals surface area contributed by atoms with Crippen molar-refractivity contribution in [1.29, 1.82) is 0 Å². The van der Waals surface area contributed by atoms with Crippen LogP contribution in [0.3, 0.4) is 0 Å². The Labute approximate surface area is 187 Å². The molecule has 4 rings (SSSR count). The third-order valence-corrected chi connectivity index (χ3v) is 8.89. The van der Waals surface area contributed by atoms with Gasteiger partial charge in [0.2, 0.25) is 10.0 Å². The Kier molecular flexibility index (Phi) is 6.66. The van der Waals surface area contributed by atoms with Crippen molar-refractivity contribution < 1.29 is 22.7 Å². The fraction of sp³-hybridized carbons (Fsp3) is 0.500. The van der Waals surface area contributed by atoms with Crippen LogP contribution in [0.1, 0.15) is 33.6 Å². The van der Waals surface area contributed by atoms with E-state index in [1.165, 1.54) is 32.8 Å². The SMILES string of the molecule is Cc1ccc(OC2CCN(C(=O)c3sccc3S(=O)(=O)N3CCOCC3)CC2)cc1C. The highest BCUT2D eigenvalue weighted by molar-refractivity contribution is 7.89. The van der Waals surface area contributed by atoms with Crippen molar-refractivity contribution >= 4 is 27.3 Å². The van der Waals surface area contributed by atoms with E-state index in [1.54, 1.807) is 10.3 Å². The number of rotatable bonds is 5. The zero-order valence-electron chi connectivity index (χ0n) is 17.9. The number of hydrogen-bond donors (Lipinski definition) is 0. The molecule has 0 spiro atoms. The second kappa shape index (κ2) is 9.28. The number of aryl methyl sites for hydroxylation is 2. The fourth-order valence-corrected chi connectivity index (χ4v) is 6.65. The number of likely N-dealkylation sites (tertiary alicyclic amines) is 1. The van der Waals surface area contributed by atoms with Gasteiger partial charge in [0.25, 0.3) is 5.91 Å². The van der Waals surface area contributed by atoms with Crippen molar-refractivity contribution in [1.82, 2.24) is 9.21 Å². The van der Waals surface area contributed by atoms with Crippen LogP contribution in [-0.4, -0.2) is 69.0 Å². The number of carbonyl (C=O) groups is 1. The quantitative estimate of drug-likeness (QED) is 0.680. The molecule has 2 aliphatic heterocycles. The monoisotopic (exact) mass is 464 g/mol. The lowest BCUT2D eigenvalue weighted by atomic mass is 10.1. The average Bonchev–Trinajstić information content (AvgIpc) is 3.28. The number of piperidine rings is 1. The second-order valence-electron chi connectivity index (χ2n) is 7.99. The largest absolute Gasteiger partial charge is 0.490 e. The number of sulfonamides is 1. The molecule has 0 atom stereocenters. The van der Waals surface area contributed by atoms with E-state index in [1.807, 2.05) is 12.1 Å². The predicted molar refractivity (Wildman–Crippen MR) is 119 cm³/mol. The summed E-state index contributed by atoms with van der Waals surface area (Å²) in [5, 5.41) is 1.68. The Morgan fingerprint density at radius 3 is 2.45 bits per heavy atom. The minimum atomic E-state index is -3.70. The molecule has 9 heteroatoms. The molecular formula is C22H28N2O5S2. The molecule has 7 nitrogen and oxygen atoms in total. The van der Waals surface area contributed by atoms with Gasteiger partial charge in [0.1, 0.15) is 21.6 Å². The van der Waals surface area contributed by atoms with E-state index < -0.39 is 10.0 Å². The Bertz CT molecular complexity index is 1040. The van der Waals surface area contributed by atoms with Crippen molar-refractivity contribution in [2.45, 2.75) is 37.7 Å². The van der Waals surface area contributed by atoms with Crippen LogP contribution in [0.4, 0.5) is 0 Å². The lowest BCUT2D eigenvalue weighted by Gasteiger charge is -2.32. The molecule has 0 unspecified atom stereocenters. The summed E-state index contributed by atoms with van der Waals surface area (Å²) in [7, 11) is -3.70. The van der Waals surface area contributed by atoms with E-state index in [0.717, 1.165) is 18.6 Å². The molecule has 0 saturated carbocycles. The lowest BCUT2D eigenvalue weighted by Crippen LogP contribution is -2.43. The first kappa shape index (κ1) is 22.3. The van der Waals surface area contributed by atoms with E-state index >= 15 is 0 Å². The van der Waals surface area contributed by atoms with Gasteiger partial charge in [0, 0.05) is 39.0 Å². The van der Waals surface area contributed by atoms with Crippen molar-refractivity contribution in [3.8, 4) is 5.75 Å². The molecule has 2 aliphatic rings. The molecule has 1 amide bonds. The van der Waals surface area contributed by atoms with Gasteiger partial charge in [0.15, 0.2) is 0 Å². The van der Waals surface area contributed by atoms with E-state index in [0.29, 0.717) is 44.3 Å². The molecule has 2 aromatic rings. The fourth-order valence-electron chi connectivity index (χ4n) is 3.88. The lowest BCUT2D eigenvalue weighted by molar-refractivity contribution is 0.0596. The van der Waals surface area contributed by atoms with E-state index in [9.17, 15) is 13.2 Å². The highest BCUT2D eigenvalue weighted by Gasteiger charge is 2.34. The molecule has 0 N–H and O–H groups in total. The van der Waals surface area contributed by atoms with Gasteiger partial charge in [-0.15, -0.1) is 11.3 Å². The molecular weight excluding hydrogens is 436 g/mol. The van der Waals surface area contributed by atoms with Gasteiger partial charge in [-0.2, -0.15) is 4.31 Å². The predicted octanol–water partition coefficient (Wildman–Crippen LogP) is 3.07. The maximum absolute atomic E-state index is 13.1. The van der Waals surface area contributed by atoms with Crippen LogP contribution in [0.5, 0.6) is 5.75 Å². The summed E-state index contributed by atoms with van der Waals surface area (Å²) in [6.07, 6.45) is 1.48.